The SMILES string of the molecule is C=CCN(CC)c1ccc(-c2ncc(C)s2)cc1C. The summed E-state index contributed by atoms with van der Waals surface area (Å²) in [5.74, 6) is 0. The summed E-state index contributed by atoms with van der Waals surface area (Å²) in [7, 11) is 0. The standard InChI is InChI=1S/C16H20N2S/c1-5-9-18(6-2)15-8-7-14(10-12(15)3)16-17-11-13(4)19-16/h5,7-8,10-11H,1,6,9H2,2-4H3. The number of aryl methyl sites for hydroxylation is 2. The smallest absolute Gasteiger partial charge is 0.123 e. The Balaban J connectivity index is 2.33. The van der Waals surface area contributed by atoms with Gasteiger partial charge in [-0.05, 0) is 44.5 Å². The normalized spacial score (nSPS) is 10.5. The van der Waals surface area contributed by atoms with Gasteiger partial charge in [-0.2, -0.15) is 0 Å². The van der Waals surface area contributed by atoms with Gasteiger partial charge in [0, 0.05) is 35.4 Å². The number of aromatic nitrogens is 1. The predicted molar refractivity (Wildman–Crippen MR) is 85.1 cm³/mol. The van der Waals surface area contributed by atoms with Crippen LogP contribution in [-0.4, -0.2) is 18.1 Å². The van der Waals surface area contributed by atoms with Crippen LogP contribution < -0.4 is 4.90 Å². The largest absolute Gasteiger partial charge is 0.368 e. The van der Waals surface area contributed by atoms with E-state index in [4.69, 9.17) is 0 Å². The summed E-state index contributed by atoms with van der Waals surface area (Å²) in [6.07, 6.45) is 3.88. The molecule has 1 heterocycles. The lowest BCUT2D eigenvalue weighted by molar-refractivity contribution is 0.901. The molecule has 0 N–H and O–H groups in total. The van der Waals surface area contributed by atoms with Crippen molar-refractivity contribution in [2.24, 2.45) is 0 Å². The third-order valence-electron chi connectivity index (χ3n) is 3.14. The maximum Gasteiger partial charge on any atom is 0.123 e. The van der Waals surface area contributed by atoms with Crippen LogP contribution in [0.1, 0.15) is 17.4 Å². The number of hydrogen-bond donors (Lipinski definition) is 0. The van der Waals surface area contributed by atoms with Crippen molar-refractivity contribution >= 4 is 17.0 Å². The van der Waals surface area contributed by atoms with Crippen molar-refractivity contribution < 1.29 is 0 Å². The molecule has 0 bridgehead atoms. The van der Waals surface area contributed by atoms with E-state index in [-0.39, 0.29) is 0 Å². The third-order valence-corrected chi connectivity index (χ3v) is 4.10. The Morgan fingerprint density at radius 3 is 2.68 bits per heavy atom. The number of rotatable bonds is 5. The Kier molecular flexibility index (Phi) is 4.38. The van der Waals surface area contributed by atoms with Crippen LogP contribution in [0.15, 0.2) is 37.1 Å². The summed E-state index contributed by atoms with van der Waals surface area (Å²) >= 11 is 1.74. The van der Waals surface area contributed by atoms with E-state index >= 15 is 0 Å². The fourth-order valence-electron chi connectivity index (χ4n) is 2.19. The third kappa shape index (κ3) is 3.04. The van der Waals surface area contributed by atoms with Gasteiger partial charge in [-0.3, -0.25) is 0 Å². The highest BCUT2D eigenvalue weighted by atomic mass is 32.1. The maximum atomic E-state index is 4.45. The lowest BCUT2D eigenvalue weighted by atomic mass is 10.1. The zero-order valence-corrected chi connectivity index (χ0v) is 12.6. The quantitative estimate of drug-likeness (QED) is 0.748. The summed E-state index contributed by atoms with van der Waals surface area (Å²) in [4.78, 5) is 8.01. The molecule has 0 amide bonds. The van der Waals surface area contributed by atoms with Gasteiger partial charge in [-0.1, -0.05) is 6.08 Å². The molecular weight excluding hydrogens is 252 g/mol. The van der Waals surface area contributed by atoms with E-state index in [1.807, 2.05) is 12.3 Å². The van der Waals surface area contributed by atoms with E-state index in [0.29, 0.717) is 0 Å². The lowest BCUT2D eigenvalue weighted by Gasteiger charge is -2.23. The molecule has 0 spiro atoms. The van der Waals surface area contributed by atoms with E-state index in [1.165, 1.54) is 21.7 Å². The molecule has 0 atom stereocenters. The molecule has 2 aromatic rings. The molecule has 2 rings (SSSR count). The average molecular weight is 272 g/mol. The van der Waals surface area contributed by atoms with Crippen LogP contribution in [0.4, 0.5) is 5.69 Å². The molecule has 1 aromatic heterocycles. The van der Waals surface area contributed by atoms with Gasteiger partial charge in [-0.25, -0.2) is 4.98 Å². The topological polar surface area (TPSA) is 16.1 Å². The van der Waals surface area contributed by atoms with Gasteiger partial charge in [0.1, 0.15) is 5.01 Å². The molecule has 19 heavy (non-hydrogen) atoms. The molecular formula is C16H20N2S. The van der Waals surface area contributed by atoms with Crippen LogP contribution in [-0.2, 0) is 0 Å². The first-order valence-electron chi connectivity index (χ1n) is 6.55. The van der Waals surface area contributed by atoms with E-state index in [2.05, 4.69) is 55.4 Å². The van der Waals surface area contributed by atoms with E-state index < -0.39 is 0 Å². The number of nitrogens with zero attached hydrogens (tertiary/aromatic N) is 2. The van der Waals surface area contributed by atoms with Crippen molar-refractivity contribution in [3.63, 3.8) is 0 Å². The maximum absolute atomic E-state index is 4.45. The summed E-state index contributed by atoms with van der Waals surface area (Å²) in [6.45, 7) is 12.1. The second-order valence-corrected chi connectivity index (χ2v) is 5.84. The minimum atomic E-state index is 0.882. The molecule has 0 saturated heterocycles. The van der Waals surface area contributed by atoms with Crippen molar-refractivity contribution in [1.82, 2.24) is 4.98 Å². The second kappa shape index (κ2) is 6.02. The van der Waals surface area contributed by atoms with Crippen molar-refractivity contribution in [1.29, 1.82) is 0 Å². The van der Waals surface area contributed by atoms with Gasteiger partial charge < -0.3 is 4.90 Å². The Hall–Kier alpha value is -1.61. The van der Waals surface area contributed by atoms with E-state index in [0.717, 1.165) is 18.1 Å². The van der Waals surface area contributed by atoms with E-state index in [9.17, 15) is 0 Å². The van der Waals surface area contributed by atoms with Crippen LogP contribution in [0.3, 0.4) is 0 Å². The van der Waals surface area contributed by atoms with Crippen molar-refractivity contribution in [3.05, 3.63) is 47.5 Å². The Morgan fingerprint density at radius 1 is 1.37 bits per heavy atom. The van der Waals surface area contributed by atoms with Gasteiger partial charge in [0.05, 0.1) is 0 Å². The summed E-state index contributed by atoms with van der Waals surface area (Å²) < 4.78 is 0. The van der Waals surface area contributed by atoms with E-state index in [1.54, 1.807) is 11.3 Å². The molecule has 0 aliphatic rings. The fourth-order valence-corrected chi connectivity index (χ4v) is 2.95. The Morgan fingerprint density at radius 2 is 2.16 bits per heavy atom. The van der Waals surface area contributed by atoms with Crippen molar-refractivity contribution in [3.8, 4) is 10.6 Å². The van der Waals surface area contributed by atoms with Crippen LogP contribution in [0.5, 0.6) is 0 Å². The summed E-state index contributed by atoms with van der Waals surface area (Å²) in [5.41, 5.74) is 3.77. The summed E-state index contributed by atoms with van der Waals surface area (Å²) in [5, 5.41) is 1.10. The highest BCUT2D eigenvalue weighted by molar-refractivity contribution is 7.14. The second-order valence-electron chi connectivity index (χ2n) is 4.60. The molecule has 0 fully saturated rings. The van der Waals surface area contributed by atoms with Crippen molar-refractivity contribution in [2.45, 2.75) is 20.8 Å². The molecule has 0 unspecified atom stereocenters. The van der Waals surface area contributed by atoms with Crippen LogP contribution in [0.2, 0.25) is 0 Å². The minimum Gasteiger partial charge on any atom is -0.368 e. The lowest BCUT2D eigenvalue weighted by Crippen LogP contribution is -2.23. The highest BCUT2D eigenvalue weighted by Gasteiger charge is 2.09. The zero-order valence-electron chi connectivity index (χ0n) is 11.8. The van der Waals surface area contributed by atoms with Crippen LogP contribution in [0, 0.1) is 13.8 Å². The fraction of sp³-hybridized carbons (Fsp3) is 0.312. The molecule has 2 nitrogen and oxygen atoms in total. The molecule has 100 valence electrons. The van der Waals surface area contributed by atoms with Gasteiger partial charge >= 0.3 is 0 Å². The number of thiazole rings is 1. The van der Waals surface area contributed by atoms with Crippen LogP contribution >= 0.6 is 11.3 Å². The van der Waals surface area contributed by atoms with Gasteiger partial charge in [0.15, 0.2) is 0 Å². The molecule has 0 aliphatic carbocycles. The number of hydrogen-bond acceptors (Lipinski definition) is 3. The van der Waals surface area contributed by atoms with Gasteiger partial charge in [-0.15, -0.1) is 17.9 Å². The monoisotopic (exact) mass is 272 g/mol. The molecule has 1 aromatic carbocycles. The highest BCUT2D eigenvalue weighted by Crippen LogP contribution is 2.29. The number of anilines is 1. The predicted octanol–water partition coefficient (Wildman–Crippen LogP) is 4.44. The zero-order chi connectivity index (χ0) is 13.8. The minimum absolute atomic E-state index is 0.882. The Bertz CT molecular complexity index is 572. The number of likely N-dealkylation sites (N-methyl/N-ethyl adjacent to an activating group) is 1. The van der Waals surface area contributed by atoms with Gasteiger partial charge in [0.25, 0.3) is 0 Å². The van der Waals surface area contributed by atoms with Crippen molar-refractivity contribution in [2.75, 3.05) is 18.0 Å². The molecule has 0 radical (unpaired) electrons. The molecule has 3 heteroatoms. The first-order chi connectivity index (χ1) is 9.15. The first-order valence-corrected chi connectivity index (χ1v) is 7.36. The van der Waals surface area contributed by atoms with Crippen LogP contribution in [0.25, 0.3) is 10.6 Å². The Labute approximate surface area is 119 Å². The number of benzene rings is 1. The molecule has 0 saturated carbocycles. The first kappa shape index (κ1) is 13.8. The summed E-state index contributed by atoms with van der Waals surface area (Å²) in [6, 6.07) is 6.57. The van der Waals surface area contributed by atoms with Gasteiger partial charge in [0.2, 0.25) is 0 Å². The molecule has 0 aliphatic heterocycles. The average Bonchev–Trinajstić information content (AvgIpc) is 2.83.